The predicted molar refractivity (Wildman–Crippen MR) is 145 cm³/mol. The Labute approximate surface area is 224 Å². The van der Waals surface area contributed by atoms with E-state index in [4.69, 9.17) is 4.74 Å². The third kappa shape index (κ3) is 5.21. The van der Waals surface area contributed by atoms with Crippen LogP contribution in [0.5, 0.6) is 5.75 Å². The lowest BCUT2D eigenvalue weighted by molar-refractivity contribution is -0.142. The van der Waals surface area contributed by atoms with E-state index >= 15 is 0 Å². The van der Waals surface area contributed by atoms with Gasteiger partial charge in [0.25, 0.3) is 0 Å². The largest absolute Gasteiger partial charge is 0.494 e. The summed E-state index contributed by atoms with van der Waals surface area (Å²) < 4.78 is 4.81. The van der Waals surface area contributed by atoms with Crippen molar-refractivity contribution in [2.45, 2.75) is 88.4 Å². The van der Waals surface area contributed by atoms with Gasteiger partial charge in [0.2, 0.25) is 17.7 Å². The molecule has 3 aliphatic rings. The zero-order chi connectivity index (χ0) is 27.1. The molecule has 3 aliphatic heterocycles. The number of thioether (sulfide) groups is 1. The number of fused-ring (bicyclic) bond motifs is 1. The van der Waals surface area contributed by atoms with Crippen molar-refractivity contribution in [1.29, 1.82) is 0 Å². The lowest BCUT2D eigenvalue weighted by Crippen LogP contribution is -2.59. The molecule has 1 aromatic rings. The second kappa shape index (κ2) is 10.5. The monoisotopic (exact) mass is 531 g/mol. The molecule has 3 N–H and O–H groups in total. The fraction of sp³-hybridized carbons (Fsp3) is 0.679. The molecule has 3 fully saturated rings. The van der Waals surface area contributed by atoms with Gasteiger partial charge in [-0.25, -0.2) is 0 Å². The number of aliphatic hydroxyl groups is 1. The maximum absolute atomic E-state index is 14.1. The van der Waals surface area contributed by atoms with Crippen molar-refractivity contribution in [3.05, 3.63) is 24.3 Å². The number of carbonyl (C=O) groups is 3. The molecular weight excluding hydrogens is 490 g/mol. The highest BCUT2D eigenvalue weighted by Gasteiger charge is 2.74. The molecule has 1 spiro atoms. The topological polar surface area (TPSA) is 108 Å². The number of benzene rings is 1. The zero-order valence-electron chi connectivity index (χ0n) is 22.7. The normalized spacial score (nSPS) is 29.4. The van der Waals surface area contributed by atoms with Crippen LogP contribution in [0, 0.1) is 17.8 Å². The van der Waals surface area contributed by atoms with Crippen molar-refractivity contribution in [3.8, 4) is 5.75 Å². The van der Waals surface area contributed by atoms with Gasteiger partial charge in [-0.2, -0.15) is 0 Å². The Morgan fingerprint density at radius 3 is 2.46 bits per heavy atom. The minimum Gasteiger partial charge on any atom is -0.494 e. The van der Waals surface area contributed by atoms with Crippen LogP contribution in [0.2, 0.25) is 0 Å². The van der Waals surface area contributed by atoms with Gasteiger partial charge >= 0.3 is 0 Å². The molecular formula is C28H41N3O5S. The third-order valence-corrected chi connectivity index (χ3v) is 9.52. The summed E-state index contributed by atoms with van der Waals surface area (Å²) >= 11 is 1.64. The van der Waals surface area contributed by atoms with Crippen LogP contribution in [0.25, 0.3) is 0 Å². The zero-order valence-corrected chi connectivity index (χ0v) is 23.6. The van der Waals surface area contributed by atoms with E-state index in [1.807, 2.05) is 53.7 Å². The first-order valence-corrected chi connectivity index (χ1v) is 14.3. The first-order chi connectivity index (χ1) is 17.4. The lowest BCUT2D eigenvalue weighted by atomic mass is 9.70. The van der Waals surface area contributed by atoms with Crippen LogP contribution in [0.15, 0.2) is 24.3 Å². The molecule has 8 nitrogen and oxygen atoms in total. The number of hydrogen-bond donors (Lipinski definition) is 3. The van der Waals surface area contributed by atoms with Crippen LogP contribution in [-0.2, 0) is 14.4 Å². The molecule has 204 valence electrons. The fourth-order valence-corrected chi connectivity index (χ4v) is 8.57. The predicted octanol–water partition coefficient (Wildman–Crippen LogP) is 3.44. The van der Waals surface area contributed by atoms with Gasteiger partial charge in [0.05, 0.1) is 35.8 Å². The number of amides is 3. The van der Waals surface area contributed by atoms with Crippen LogP contribution >= 0.6 is 11.8 Å². The van der Waals surface area contributed by atoms with Crippen LogP contribution < -0.4 is 15.4 Å². The third-order valence-electron chi connectivity index (χ3n) is 7.57. The fourth-order valence-electron chi connectivity index (χ4n) is 6.37. The van der Waals surface area contributed by atoms with E-state index in [1.54, 1.807) is 28.8 Å². The van der Waals surface area contributed by atoms with Gasteiger partial charge in [-0.05, 0) is 77.1 Å². The molecule has 2 unspecified atom stereocenters. The molecule has 6 atom stereocenters. The summed E-state index contributed by atoms with van der Waals surface area (Å²) in [5, 5.41) is 16.4. The summed E-state index contributed by atoms with van der Waals surface area (Å²) in [6.07, 6.45) is 2.06. The molecule has 37 heavy (non-hydrogen) atoms. The van der Waals surface area contributed by atoms with Gasteiger partial charge in [0, 0.05) is 16.5 Å². The molecule has 0 aromatic heterocycles. The van der Waals surface area contributed by atoms with Gasteiger partial charge in [-0.3, -0.25) is 14.4 Å². The average molecular weight is 532 g/mol. The lowest BCUT2D eigenvalue weighted by Gasteiger charge is -2.39. The van der Waals surface area contributed by atoms with Crippen molar-refractivity contribution in [3.63, 3.8) is 0 Å². The Balaban J connectivity index is 1.66. The number of nitrogens with zero attached hydrogens (tertiary/aromatic N) is 1. The smallest absolute Gasteiger partial charge is 0.244 e. The Hall–Kier alpha value is -2.26. The molecule has 3 heterocycles. The molecule has 1 aromatic carbocycles. The Bertz CT molecular complexity index is 1020. The van der Waals surface area contributed by atoms with Crippen molar-refractivity contribution in [2.24, 2.45) is 17.8 Å². The molecule has 0 aliphatic carbocycles. The van der Waals surface area contributed by atoms with Crippen molar-refractivity contribution in [1.82, 2.24) is 10.2 Å². The number of rotatable bonds is 9. The van der Waals surface area contributed by atoms with E-state index in [1.165, 1.54) is 0 Å². The first-order valence-electron chi connectivity index (χ1n) is 13.4. The van der Waals surface area contributed by atoms with Crippen LogP contribution in [-0.4, -0.2) is 68.6 Å². The van der Waals surface area contributed by atoms with Crippen molar-refractivity contribution in [2.75, 3.05) is 18.5 Å². The maximum atomic E-state index is 14.1. The standard InChI is InChI=1S/C28H41N3O5S/c1-7-36-19-10-8-17(9-11-19)29-24(33)21-20-12-13-28(37-20)22(21)26(35)31(18(15-32)14-16(2)3)23(28)25(34)30-27(4,5)6/h8-11,16,18,20-23,32H,7,12-15H2,1-6H3,(H,29,33)(H,30,34)/t18-,20+,21-,22+,23?,28?/m1/s1. The summed E-state index contributed by atoms with van der Waals surface area (Å²) in [4.78, 5) is 43.2. The highest BCUT2D eigenvalue weighted by Crippen LogP contribution is 2.66. The molecule has 4 rings (SSSR count). The number of nitrogens with one attached hydrogen (secondary N) is 2. The summed E-state index contributed by atoms with van der Waals surface area (Å²) in [6, 6.07) is 6.01. The number of likely N-dealkylation sites (tertiary alicyclic amines) is 1. The van der Waals surface area contributed by atoms with Crippen molar-refractivity contribution < 1.29 is 24.2 Å². The maximum Gasteiger partial charge on any atom is 0.244 e. The molecule has 3 saturated heterocycles. The Morgan fingerprint density at radius 2 is 1.89 bits per heavy atom. The summed E-state index contributed by atoms with van der Waals surface area (Å²) in [5.74, 6) is -0.757. The minimum atomic E-state index is -0.724. The van der Waals surface area contributed by atoms with Crippen LogP contribution in [0.3, 0.4) is 0 Å². The van der Waals surface area contributed by atoms with E-state index in [2.05, 4.69) is 10.6 Å². The summed E-state index contributed by atoms with van der Waals surface area (Å²) in [6.45, 7) is 12.1. The van der Waals surface area contributed by atoms with Gasteiger partial charge < -0.3 is 25.4 Å². The minimum absolute atomic E-state index is 0.0265. The van der Waals surface area contributed by atoms with E-state index < -0.39 is 34.2 Å². The number of anilines is 1. The van der Waals surface area contributed by atoms with E-state index in [0.717, 1.165) is 12.2 Å². The van der Waals surface area contributed by atoms with Gasteiger partial charge in [0.15, 0.2) is 0 Å². The average Bonchev–Trinajstić information content (AvgIpc) is 3.45. The molecule has 0 radical (unpaired) electrons. The van der Waals surface area contributed by atoms with Gasteiger partial charge in [-0.1, -0.05) is 13.8 Å². The second-order valence-corrected chi connectivity index (χ2v) is 13.6. The Morgan fingerprint density at radius 1 is 1.22 bits per heavy atom. The number of carbonyl (C=O) groups excluding carboxylic acids is 3. The quantitative estimate of drug-likeness (QED) is 0.451. The molecule has 3 amide bonds. The second-order valence-electron chi connectivity index (χ2n) is 12.0. The van der Waals surface area contributed by atoms with E-state index in [9.17, 15) is 19.5 Å². The Kier molecular flexibility index (Phi) is 7.87. The molecule has 2 bridgehead atoms. The molecule has 0 saturated carbocycles. The summed E-state index contributed by atoms with van der Waals surface area (Å²) in [7, 11) is 0. The number of aliphatic hydroxyl groups excluding tert-OH is 1. The van der Waals surface area contributed by atoms with Crippen LogP contribution in [0.4, 0.5) is 5.69 Å². The van der Waals surface area contributed by atoms with E-state index in [0.29, 0.717) is 25.1 Å². The van der Waals surface area contributed by atoms with Gasteiger partial charge in [0.1, 0.15) is 11.8 Å². The van der Waals surface area contributed by atoms with Crippen molar-refractivity contribution >= 4 is 35.2 Å². The van der Waals surface area contributed by atoms with Gasteiger partial charge in [-0.15, -0.1) is 11.8 Å². The van der Waals surface area contributed by atoms with Crippen LogP contribution in [0.1, 0.15) is 60.8 Å². The first kappa shape index (κ1) is 27.8. The summed E-state index contributed by atoms with van der Waals surface area (Å²) in [5.41, 5.74) is 0.173. The SMILES string of the molecule is CCOc1ccc(NC(=O)[C@@H]2[C@@H]3CCC4(S3)C(C(=O)NC(C)(C)C)N([C@@H](CO)CC(C)C)C(=O)[C@H]24)cc1. The number of ether oxygens (including phenoxy) is 1. The molecule has 9 heteroatoms. The van der Waals surface area contributed by atoms with E-state index in [-0.39, 0.29) is 35.5 Å². The highest BCUT2D eigenvalue weighted by molar-refractivity contribution is 8.02. The highest BCUT2D eigenvalue weighted by atomic mass is 32.2. The number of hydrogen-bond acceptors (Lipinski definition) is 6.